The molecule has 2 aromatic rings. The molecule has 0 saturated heterocycles. The number of nitrogens with zero attached hydrogens (tertiary/aromatic N) is 1. The van der Waals surface area contributed by atoms with E-state index in [2.05, 4.69) is 4.98 Å². The molecule has 23 heavy (non-hydrogen) atoms. The van der Waals surface area contributed by atoms with Gasteiger partial charge in [-0.25, -0.2) is 0 Å². The lowest BCUT2D eigenvalue weighted by molar-refractivity contribution is -0.111. The van der Waals surface area contributed by atoms with Gasteiger partial charge < -0.3 is 0 Å². The van der Waals surface area contributed by atoms with E-state index < -0.39 is 0 Å². The topological polar surface area (TPSA) is 47.0 Å². The number of pyridine rings is 1. The number of aromatic nitrogens is 1. The summed E-state index contributed by atoms with van der Waals surface area (Å²) in [7, 11) is 0. The van der Waals surface area contributed by atoms with Crippen LogP contribution in [0.2, 0.25) is 0 Å². The smallest absolute Gasteiger partial charge is 0.194 e. The summed E-state index contributed by atoms with van der Waals surface area (Å²) in [6, 6.07) is 9.82. The van der Waals surface area contributed by atoms with Gasteiger partial charge in [-0.05, 0) is 25.1 Å². The number of carbonyl (C=O) groups excluding carboxylic acids is 2. The van der Waals surface area contributed by atoms with Crippen LogP contribution >= 0.6 is 0 Å². The van der Waals surface area contributed by atoms with Crippen LogP contribution in [-0.2, 0) is 4.79 Å². The number of aryl methyl sites for hydroxylation is 1. The van der Waals surface area contributed by atoms with Crippen LogP contribution in [0.1, 0.15) is 21.5 Å². The van der Waals surface area contributed by atoms with Crippen LogP contribution < -0.4 is 0 Å². The lowest BCUT2D eigenvalue weighted by atomic mass is 9.83. The SMILES string of the molecule is Cc1ccc(-c2cc3c(cn2)C=C2C(=O)C=CC=C2C3=O)cc1. The molecule has 0 spiro atoms. The van der Waals surface area contributed by atoms with Gasteiger partial charge in [0, 0.05) is 34.0 Å². The zero-order valence-electron chi connectivity index (χ0n) is 12.5. The summed E-state index contributed by atoms with van der Waals surface area (Å²) < 4.78 is 0. The molecule has 0 fully saturated rings. The van der Waals surface area contributed by atoms with Crippen molar-refractivity contribution in [1.82, 2.24) is 4.98 Å². The molecule has 110 valence electrons. The van der Waals surface area contributed by atoms with E-state index in [-0.39, 0.29) is 11.6 Å². The van der Waals surface area contributed by atoms with Crippen molar-refractivity contribution in [2.75, 3.05) is 0 Å². The maximum Gasteiger partial charge on any atom is 0.194 e. The lowest BCUT2D eigenvalue weighted by Crippen LogP contribution is -2.18. The minimum absolute atomic E-state index is 0.119. The molecule has 0 N–H and O–H groups in total. The predicted octanol–water partition coefficient (Wildman–Crippen LogP) is 3.70. The number of hydrogen-bond acceptors (Lipinski definition) is 3. The van der Waals surface area contributed by atoms with Gasteiger partial charge in [0.05, 0.1) is 5.69 Å². The molecule has 0 amide bonds. The van der Waals surface area contributed by atoms with Crippen molar-refractivity contribution in [3.8, 4) is 11.3 Å². The molecule has 0 radical (unpaired) electrons. The highest BCUT2D eigenvalue weighted by Crippen LogP contribution is 2.32. The third kappa shape index (κ3) is 2.18. The number of ketones is 2. The van der Waals surface area contributed by atoms with Crippen molar-refractivity contribution >= 4 is 17.6 Å². The van der Waals surface area contributed by atoms with Crippen LogP contribution in [-0.4, -0.2) is 16.6 Å². The standard InChI is InChI=1S/C20H13NO2/c1-12-5-7-13(8-6-12)18-10-16-14(11-21-18)9-17-15(20(16)23)3-2-4-19(17)22/h2-11H,1H3. The fourth-order valence-electron chi connectivity index (χ4n) is 2.85. The van der Waals surface area contributed by atoms with Gasteiger partial charge in [-0.2, -0.15) is 0 Å². The van der Waals surface area contributed by atoms with E-state index in [4.69, 9.17) is 0 Å². The van der Waals surface area contributed by atoms with Crippen LogP contribution in [0.15, 0.2) is 65.9 Å². The zero-order chi connectivity index (χ0) is 16.0. The largest absolute Gasteiger partial charge is 0.289 e. The first kappa shape index (κ1) is 13.6. The van der Waals surface area contributed by atoms with Crippen molar-refractivity contribution < 1.29 is 9.59 Å². The highest BCUT2D eigenvalue weighted by atomic mass is 16.1. The van der Waals surface area contributed by atoms with Crippen LogP contribution in [0, 0.1) is 6.92 Å². The van der Waals surface area contributed by atoms with Gasteiger partial charge in [-0.1, -0.05) is 42.0 Å². The molecule has 3 heteroatoms. The van der Waals surface area contributed by atoms with Crippen LogP contribution in [0.3, 0.4) is 0 Å². The average molecular weight is 299 g/mol. The maximum absolute atomic E-state index is 12.7. The third-order valence-corrected chi connectivity index (χ3v) is 4.14. The van der Waals surface area contributed by atoms with Crippen molar-refractivity contribution in [1.29, 1.82) is 0 Å². The van der Waals surface area contributed by atoms with Gasteiger partial charge in [0.2, 0.25) is 0 Å². The average Bonchev–Trinajstić information content (AvgIpc) is 2.57. The number of benzene rings is 1. The fraction of sp³-hybridized carbons (Fsp3) is 0.0500. The second-order valence-corrected chi connectivity index (χ2v) is 5.71. The van der Waals surface area contributed by atoms with Crippen LogP contribution in [0.25, 0.3) is 17.3 Å². The molecule has 0 saturated carbocycles. The van der Waals surface area contributed by atoms with Crippen molar-refractivity contribution in [3.05, 3.63) is 82.6 Å². The maximum atomic E-state index is 12.7. The van der Waals surface area contributed by atoms with E-state index in [9.17, 15) is 9.59 Å². The number of allylic oxidation sites excluding steroid dienone is 5. The summed E-state index contributed by atoms with van der Waals surface area (Å²) in [6.45, 7) is 2.03. The summed E-state index contributed by atoms with van der Waals surface area (Å²) in [5.74, 6) is -0.255. The fourth-order valence-corrected chi connectivity index (χ4v) is 2.85. The Hall–Kier alpha value is -3.07. The molecular formula is C20H13NO2. The van der Waals surface area contributed by atoms with Gasteiger partial charge in [0.25, 0.3) is 0 Å². The molecule has 1 heterocycles. The molecule has 0 atom stereocenters. The van der Waals surface area contributed by atoms with E-state index >= 15 is 0 Å². The molecule has 2 aliphatic rings. The first-order valence-corrected chi connectivity index (χ1v) is 7.40. The van der Waals surface area contributed by atoms with Crippen LogP contribution in [0.5, 0.6) is 0 Å². The van der Waals surface area contributed by atoms with Gasteiger partial charge in [-0.3, -0.25) is 14.6 Å². The first-order chi connectivity index (χ1) is 11.1. The lowest BCUT2D eigenvalue weighted by Gasteiger charge is -2.19. The first-order valence-electron chi connectivity index (χ1n) is 7.40. The summed E-state index contributed by atoms with van der Waals surface area (Å²) in [4.78, 5) is 29.1. The van der Waals surface area contributed by atoms with Crippen LogP contribution in [0.4, 0.5) is 0 Å². The Morgan fingerprint density at radius 3 is 2.57 bits per heavy atom. The van der Waals surface area contributed by atoms with Gasteiger partial charge in [-0.15, -0.1) is 0 Å². The Balaban J connectivity index is 1.85. The molecule has 0 unspecified atom stereocenters. The molecule has 1 aromatic carbocycles. The molecule has 4 rings (SSSR count). The molecule has 1 aromatic heterocycles. The molecule has 3 nitrogen and oxygen atoms in total. The molecule has 2 aliphatic carbocycles. The number of Topliss-reactive ketones (excluding diaryl/α,β-unsaturated/α-hetero) is 1. The Bertz CT molecular complexity index is 944. The summed E-state index contributed by atoms with van der Waals surface area (Å²) >= 11 is 0. The summed E-state index contributed by atoms with van der Waals surface area (Å²) in [6.07, 6.45) is 8.21. The predicted molar refractivity (Wildman–Crippen MR) is 88.9 cm³/mol. The minimum Gasteiger partial charge on any atom is -0.289 e. The van der Waals surface area contributed by atoms with E-state index in [1.807, 2.05) is 31.2 Å². The Kier molecular flexibility index (Phi) is 2.95. The zero-order valence-corrected chi connectivity index (χ0v) is 12.5. The summed E-state index contributed by atoms with van der Waals surface area (Å²) in [5.41, 5.74) is 5.10. The van der Waals surface area contributed by atoms with Gasteiger partial charge in [0.15, 0.2) is 11.6 Å². The van der Waals surface area contributed by atoms with E-state index in [0.29, 0.717) is 22.3 Å². The van der Waals surface area contributed by atoms with E-state index in [1.54, 1.807) is 30.5 Å². The van der Waals surface area contributed by atoms with E-state index in [1.165, 1.54) is 11.6 Å². The number of hydrogen-bond donors (Lipinski definition) is 0. The molecular weight excluding hydrogens is 286 g/mol. The Labute approximate surface area is 133 Å². The summed E-state index contributed by atoms with van der Waals surface area (Å²) in [5, 5.41) is 0. The quantitative estimate of drug-likeness (QED) is 0.806. The van der Waals surface area contributed by atoms with Crippen molar-refractivity contribution in [3.63, 3.8) is 0 Å². The highest BCUT2D eigenvalue weighted by Gasteiger charge is 2.28. The molecule has 0 bridgehead atoms. The number of carbonyl (C=O) groups is 2. The van der Waals surface area contributed by atoms with Crippen molar-refractivity contribution in [2.24, 2.45) is 0 Å². The van der Waals surface area contributed by atoms with Crippen molar-refractivity contribution in [2.45, 2.75) is 6.92 Å². The van der Waals surface area contributed by atoms with E-state index in [0.717, 1.165) is 11.3 Å². The second-order valence-electron chi connectivity index (χ2n) is 5.71. The number of fused-ring (bicyclic) bond motifs is 2. The van der Waals surface area contributed by atoms with Gasteiger partial charge >= 0.3 is 0 Å². The normalized spacial score (nSPS) is 15.7. The third-order valence-electron chi connectivity index (χ3n) is 4.14. The minimum atomic E-state index is -0.135. The molecule has 0 aliphatic heterocycles. The highest BCUT2D eigenvalue weighted by molar-refractivity contribution is 6.27. The number of rotatable bonds is 1. The second kappa shape index (κ2) is 4.99. The monoisotopic (exact) mass is 299 g/mol. The Morgan fingerprint density at radius 1 is 1.00 bits per heavy atom. The Morgan fingerprint density at radius 2 is 1.78 bits per heavy atom. The van der Waals surface area contributed by atoms with Gasteiger partial charge in [0.1, 0.15) is 0 Å².